The molecule has 0 radical (unpaired) electrons. The highest BCUT2D eigenvalue weighted by Crippen LogP contribution is 2.33. The molecule has 26 heavy (non-hydrogen) atoms. The third kappa shape index (κ3) is 4.43. The van der Waals surface area contributed by atoms with Crippen molar-refractivity contribution >= 4 is 45.9 Å². The Kier molecular flexibility index (Phi) is 6.28. The van der Waals surface area contributed by atoms with E-state index >= 15 is 0 Å². The standard InChI is InChI=1S/C18H14N4OS3/c1-2-24-18-22-21-17(26-18)20-16(23)13-8-4-6-10-15(13)25-14-9-5-3-7-12(14)11-19/h3-10H,2H2,1H3,(H,20,21,23). The van der Waals surface area contributed by atoms with Crippen LogP contribution in [0, 0.1) is 11.3 Å². The molecule has 0 spiro atoms. The van der Waals surface area contributed by atoms with E-state index < -0.39 is 0 Å². The van der Waals surface area contributed by atoms with Crippen molar-refractivity contribution in [1.29, 1.82) is 5.26 Å². The first-order valence-electron chi connectivity index (χ1n) is 7.75. The monoisotopic (exact) mass is 398 g/mol. The largest absolute Gasteiger partial charge is 0.296 e. The van der Waals surface area contributed by atoms with Gasteiger partial charge in [0.1, 0.15) is 6.07 Å². The molecule has 1 aromatic heterocycles. The first-order chi connectivity index (χ1) is 12.7. The van der Waals surface area contributed by atoms with Crippen LogP contribution >= 0.6 is 34.9 Å². The molecule has 0 fully saturated rings. The molecule has 5 nitrogen and oxygen atoms in total. The van der Waals surface area contributed by atoms with Gasteiger partial charge in [0.25, 0.3) is 5.91 Å². The molecule has 1 N–H and O–H groups in total. The number of rotatable bonds is 6. The molecule has 2 aromatic carbocycles. The molecule has 0 aliphatic carbocycles. The minimum absolute atomic E-state index is 0.244. The van der Waals surface area contributed by atoms with Crippen molar-refractivity contribution in [2.75, 3.05) is 11.1 Å². The summed E-state index contributed by atoms with van der Waals surface area (Å²) in [5.74, 6) is 0.659. The van der Waals surface area contributed by atoms with Crippen LogP contribution in [0.15, 0.2) is 62.7 Å². The van der Waals surface area contributed by atoms with Crippen molar-refractivity contribution in [1.82, 2.24) is 10.2 Å². The van der Waals surface area contributed by atoms with Crippen LogP contribution in [0.25, 0.3) is 0 Å². The van der Waals surface area contributed by atoms with Crippen LogP contribution in [0.5, 0.6) is 0 Å². The summed E-state index contributed by atoms with van der Waals surface area (Å²) in [6.07, 6.45) is 0. The molecule has 0 saturated heterocycles. The molecule has 0 atom stereocenters. The normalized spacial score (nSPS) is 10.3. The van der Waals surface area contributed by atoms with Crippen LogP contribution in [0.3, 0.4) is 0 Å². The molecule has 0 unspecified atom stereocenters. The lowest BCUT2D eigenvalue weighted by atomic mass is 10.2. The van der Waals surface area contributed by atoms with Crippen LogP contribution in [-0.2, 0) is 0 Å². The number of carbonyl (C=O) groups is 1. The average molecular weight is 399 g/mol. The van der Waals surface area contributed by atoms with Crippen molar-refractivity contribution in [3.8, 4) is 6.07 Å². The summed E-state index contributed by atoms with van der Waals surface area (Å²) in [5.41, 5.74) is 1.11. The summed E-state index contributed by atoms with van der Waals surface area (Å²) < 4.78 is 0.827. The fourth-order valence-corrected chi connectivity index (χ4v) is 4.78. The number of hydrogen-bond acceptors (Lipinski definition) is 7. The van der Waals surface area contributed by atoms with Crippen molar-refractivity contribution < 1.29 is 4.79 Å². The van der Waals surface area contributed by atoms with Crippen LogP contribution in [0.4, 0.5) is 5.13 Å². The number of amides is 1. The number of nitriles is 1. The Morgan fingerprint density at radius 2 is 1.88 bits per heavy atom. The molecule has 1 heterocycles. The first-order valence-corrected chi connectivity index (χ1v) is 10.4. The summed E-state index contributed by atoms with van der Waals surface area (Å²) in [7, 11) is 0. The number of nitrogens with zero attached hydrogens (tertiary/aromatic N) is 3. The van der Waals surface area contributed by atoms with E-state index in [1.807, 2.05) is 43.3 Å². The van der Waals surface area contributed by atoms with E-state index in [2.05, 4.69) is 21.6 Å². The van der Waals surface area contributed by atoms with E-state index in [1.54, 1.807) is 23.9 Å². The SMILES string of the molecule is CCSc1nnc(NC(=O)c2ccccc2Sc2ccccc2C#N)s1. The minimum Gasteiger partial charge on any atom is -0.296 e. The highest BCUT2D eigenvalue weighted by atomic mass is 32.2. The maximum atomic E-state index is 12.7. The molecule has 8 heteroatoms. The van der Waals surface area contributed by atoms with Gasteiger partial charge in [-0.1, -0.05) is 66.0 Å². The Hall–Kier alpha value is -2.34. The number of carbonyl (C=O) groups excluding carboxylic acids is 1. The van der Waals surface area contributed by atoms with E-state index in [0.29, 0.717) is 16.3 Å². The topological polar surface area (TPSA) is 78.7 Å². The lowest BCUT2D eigenvalue weighted by Crippen LogP contribution is -2.12. The van der Waals surface area contributed by atoms with E-state index in [4.69, 9.17) is 0 Å². The number of aromatic nitrogens is 2. The average Bonchev–Trinajstić information content (AvgIpc) is 3.10. The molecule has 0 saturated carbocycles. The maximum Gasteiger partial charge on any atom is 0.258 e. The molecule has 0 bridgehead atoms. The van der Waals surface area contributed by atoms with Crippen LogP contribution in [0.1, 0.15) is 22.8 Å². The summed E-state index contributed by atoms with van der Waals surface area (Å²) >= 11 is 4.34. The lowest BCUT2D eigenvalue weighted by molar-refractivity contribution is 0.102. The Morgan fingerprint density at radius 3 is 2.65 bits per heavy atom. The van der Waals surface area contributed by atoms with Crippen LogP contribution in [-0.4, -0.2) is 21.9 Å². The summed E-state index contributed by atoms with van der Waals surface area (Å²) in [6.45, 7) is 2.04. The van der Waals surface area contributed by atoms with Gasteiger partial charge in [-0.2, -0.15) is 5.26 Å². The molecular weight excluding hydrogens is 384 g/mol. The number of anilines is 1. The Labute approximate surface area is 163 Å². The Bertz CT molecular complexity index is 965. The Morgan fingerprint density at radius 1 is 1.15 bits per heavy atom. The fourth-order valence-electron chi connectivity index (χ4n) is 2.12. The molecular formula is C18H14N4OS3. The zero-order chi connectivity index (χ0) is 18.4. The van der Waals surface area contributed by atoms with Gasteiger partial charge in [-0.15, -0.1) is 10.2 Å². The number of thioether (sulfide) groups is 1. The smallest absolute Gasteiger partial charge is 0.258 e. The molecule has 3 rings (SSSR count). The molecule has 0 aliphatic rings. The highest BCUT2D eigenvalue weighted by molar-refractivity contribution is 8.01. The molecule has 0 aliphatic heterocycles. The zero-order valence-electron chi connectivity index (χ0n) is 13.8. The molecule has 1 amide bonds. The van der Waals surface area contributed by atoms with E-state index in [9.17, 15) is 10.1 Å². The summed E-state index contributed by atoms with van der Waals surface area (Å²) in [5, 5.41) is 20.6. The number of nitrogens with one attached hydrogen (secondary N) is 1. The van der Waals surface area contributed by atoms with Crippen LogP contribution in [0.2, 0.25) is 0 Å². The second kappa shape index (κ2) is 8.85. The van der Waals surface area contributed by atoms with Crippen molar-refractivity contribution in [3.63, 3.8) is 0 Å². The van der Waals surface area contributed by atoms with Crippen molar-refractivity contribution in [2.45, 2.75) is 21.1 Å². The Balaban J connectivity index is 1.82. The minimum atomic E-state index is -0.244. The van der Waals surface area contributed by atoms with Gasteiger partial charge >= 0.3 is 0 Å². The quantitative estimate of drug-likeness (QED) is 0.469. The van der Waals surface area contributed by atoms with Gasteiger partial charge in [-0.3, -0.25) is 10.1 Å². The van der Waals surface area contributed by atoms with Gasteiger partial charge in [0.2, 0.25) is 5.13 Å². The molecule has 130 valence electrons. The second-order valence-electron chi connectivity index (χ2n) is 4.97. The third-order valence-corrected chi connectivity index (χ3v) is 6.26. The van der Waals surface area contributed by atoms with Gasteiger partial charge in [-0.25, -0.2) is 0 Å². The summed E-state index contributed by atoms with van der Waals surface area (Å²) in [6, 6.07) is 16.8. The third-order valence-electron chi connectivity index (χ3n) is 3.25. The number of benzene rings is 2. The predicted molar refractivity (Wildman–Crippen MR) is 106 cm³/mol. The van der Waals surface area contributed by atoms with E-state index in [0.717, 1.165) is 19.9 Å². The van der Waals surface area contributed by atoms with Crippen LogP contribution < -0.4 is 5.32 Å². The molecule has 3 aromatic rings. The first kappa shape index (κ1) is 18.5. The second-order valence-corrected chi connectivity index (χ2v) is 8.54. The van der Waals surface area contributed by atoms with Gasteiger partial charge in [0.05, 0.1) is 11.1 Å². The predicted octanol–water partition coefficient (Wildman–Crippen LogP) is 4.93. The van der Waals surface area contributed by atoms with Gasteiger partial charge in [-0.05, 0) is 30.0 Å². The van der Waals surface area contributed by atoms with Gasteiger partial charge in [0.15, 0.2) is 4.34 Å². The lowest BCUT2D eigenvalue weighted by Gasteiger charge is -2.09. The summed E-state index contributed by atoms with van der Waals surface area (Å²) in [4.78, 5) is 14.3. The zero-order valence-corrected chi connectivity index (χ0v) is 16.3. The number of hydrogen-bond donors (Lipinski definition) is 1. The van der Waals surface area contributed by atoms with Gasteiger partial charge in [0, 0.05) is 9.79 Å². The van der Waals surface area contributed by atoms with Crippen molar-refractivity contribution in [2.24, 2.45) is 0 Å². The highest BCUT2D eigenvalue weighted by Gasteiger charge is 2.15. The van der Waals surface area contributed by atoms with Crippen molar-refractivity contribution in [3.05, 3.63) is 59.7 Å². The maximum absolute atomic E-state index is 12.7. The van der Waals surface area contributed by atoms with E-state index in [-0.39, 0.29) is 5.91 Å². The van der Waals surface area contributed by atoms with Gasteiger partial charge < -0.3 is 0 Å². The van der Waals surface area contributed by atoms with E-state index in [1.165, 1.54) is 23.1 Å². The fraction of sp³-hybridized carbons (Fsp3) is 0.111.